The Morgan fingerprint density at radius 2 is 1.87 bits per heavy atom. The van der Waals surface area contributed by atoms with E-state index in [4.69, 9.17) is 4.18 Å². The van der Waals surface area contributed by atoms with Crippen LogP contribution in [0.3, 0.4) is 0 Å². The van der Waals surface area contributed by atoms with Gasteiger partial charge in [-0.15, -0.1) is 0 Å². The zero-order valence-electron chi connectivity index (χ0n) is 9.65. The lowest BCUT2D eigenvalue weighted by Crippen LogP contribution is -2.41. The third-order valence-corrected chi connectivity index (χ3v) is 7.59. The molecule has 3 rings (SSSR count). The van der Waals surface area contributed by atoms with E-state index < -0.39 is 15.7 Å². The molecule has 6 atom stereocenters. The van der Waals surface area contributed by atoms with Gasteiger partial charge < -0.3 is 0 Å². The molecule has 0 aromatic heterocycles. The molecule has 3 aliphatic rings. The Balaban J connectivity index is 2.24. The molecule has 3 fully saturated rings. The van der Waals surface area contributed by atoms with Crippen LogP contribution in [0.5, 0.6) is 0 Å². The van der Waals surface area contributed by atoms with Gasteiger partial charge in [0.15, 0.2) is 0 Å². The Hall–Kier alpha value is -0.0900. The van der Waals surface area contributed by atoms with Crippen molar-refractivity contribution in [3.05, 3.63) is 0 Å². The third kappa shape index (κ3) is 0.825. The van der Waals surface area contributed by atoms with Crippen LogP contribution < -0.4 is 0 Å². The lowest BCUT2D eigenvalue weighted by Gasteiger charge is -2.37. The van der Waals surface area contributed by atoms with E-state index in [-0.39, 0.29) is 16.6 Å². The van der Waals surface area contributed by atoms with Gasteiger partial charge in [0.25, 0.3) is 10.1 Å². The summed E-state index contributed by atoms with van der Waals surface area (Å²) in [5, 5.41) is -0.237. The second-order valence-electron chi connectivity index (χ2n) is 6.04. The van der Waals surface area contributed by atoms with Crippen LogP contribution in [0, 0.1) is 23.2 Å². The molecule has 3 nitrogen and oxygen atoms in total. The van der Waals surface area contributed by atoms with Gasteiger partial charge in [-0.25, -0.2) is 0 Å². The summed E-state index contributed by atoms with van der Waals surface area (Å²) in [5.41, 5.74) is -0.288. The highest BCUT2D eigenvalue weighted by molar-refractivity contribution is 7.87. The standard InChI is InChI=1S/C11H18O3S/c1-6-9-8-5-10(6,3)7(2)11(9,4)14-15(8,12)13/h6-9H,5H2,1-4H3. The van der Waals surface area contributed by atoms with E-state index in [2.05, 4.69) is 20.8 Å². The highest BCUT2D eigenvalue weighted by Gasteiger charge is 2.76. The first kappa shape index (κ1) is 10.1. The summed E-state index contributed by atoms with van der Waals surface area (Å²) in [6, 6.07) is 0. The van der Waals surface area contributed by atoms with E-state index in [0.29, 0.717) is 11.8 Å². The summed E-state index contributed by atoms with van der Waals surface area (Å²) in [6.45, 7) is 8.55. The first-order valence-corrected chi connectivity index (χ1v) is 7.15. The quantitative estimate of drug-likeness (QED) is 0.596. The fraction of sp³-hybridized carbons (Fsp3) is 1.00. The minimum Gasteiger partial charge on any atom is -0.263 e. The van der Waals surface area contributed by atoms with Gasteiger partial charge in [-0.3, -0.25) is 4.18 Å². The van der Waals surface area contributed by atoms with Crippen molar-refractivity contribution in [1.29, 1.82) is 0 Å². The molecular formula is C11H18O3S. The Labute approximate surface area is 91.3 Å². The van der Waals surface area contributed by atoms with Crippen molar-refractivity contribution in [3.63, 3.8) is 0 Å². The van der Waals surface area contributed by atoms with E-state index in [0.717, 1.165) is 6.42 Å². The van der Waals surface area contributed by atoms with E-state index >= 15 is 0 Å². The maximum atomic E-state index is 11.9. The van der Waals surface area contributed by atoms with Crippen LogP contribution in [0.15, 0.2) is 0 Å². The van der Waals surface area contributed by atoms with Crippen LogP contribution in [0.1, 0.15) is 34.1 Å². The van der Waals surface area contributed by atoms with Crippen molar-refractivity contribution in [1.82, 2.24) is 0 Å². The molecule has 1 saturated heterocycles. The Kier molecular flexibility index (Phi) is 1.53. The molecule has 0 N–H and O–H groups in total. The minimum absolute atomic E-state index is 0.146. The molecule has 4 heteroatoms. The zero-order chi connectivity index (χ0) is 11.2. The van der Waals surface area contributed by atoms with Gasteiger partial charge in [-0.2, -0.15) is 8.42 Å². The van der Waals surface area contributed by atoms with Crippen molar-refractivity contribution >= 4 is 10.1 Å². The van der Waals surface area contributed by atoms with E-state index in [9.17, 15) is 8.42 Å². The molecule has 1 heterocycles. The molecule has 2 saturated carbocycles. The maximum absolute atomic E-state index is 11.9. The van der Waals surface area contributed by atoms with E-state index in [1.54, 1.807) is 0 Å². The third-order valence-electron chi connectivity index (χ3n) is 5.80. The molecule has 2 bridgehead atoms. The molecule has 0 aromatic rings. The number of rotatable bonds is 0. The monoisotopic (exact) mass is 230 g/mol. The molecular weight excluding hydrogens is 212 g/mol. The molecule has 2 aliphatic carbocycles. The van der Waals surface area contributed by atoms with Gasteiger partial charge in [-0.05, 0) is 30.6 Å². The summed E-state index contributed by atoms with van der Waals surface area (Å²) in [4.78, 5) is 0. The molecule has 0 aromatic carbocycles. The average Bonchev–Trinajstić information content (AvgIpc) is 2.51. The van der Waals surface area contributed by atoms with Gasteiger partial charge in [-0.1, -0.05) is 20.8 Å². The lowest BCUT2D eigenvalue weighted by molar-refractivity contribution is 0.00898. The zero-order valence-corrected chi connectivity index (χ0v) is 10.5. The van der Waals surface area contributed by atoms with Crippen molar-refractivity contribution in [2.75, 3.05) is 0 Å². The maximum Gasteiger partial charge on any atom is 0.271 e. The topological polar surface area (TPSA) is 43.4 Å². The van der Waals surface area contributed by atoms with Gasteiger partial charge in [0.1, 0.15) is 0 Å². The largest absolute Gasteiger partial charge is 0.271 e. The van der Waals surface area contributed by atoms with Crippen LogP contribution in [-0.2, 0) is 14.3 Å². The predicted octanol–water partition coefficient (Wildman–Crippen LogP) is 1.79. The van der Waals surface area contributed by atoms with Crippen molar-refractivity contribution in [2.24, 2.45) is 23.2 Å². The van der Waals surface area contributed by atoms with Crippen molar-refractivity contribution in [2.45, 2.75) is 45.0 Å². The molecule has 1 aliphatic heterocycles. The summed E-state index contributed by atoms with van der Waals surface area (Å²) < 4.78 is 29.2. The first-order chi connectivity index (χ1) is 6.73. The lowest BCUT2D eigenvalue weighted by atomic mass is 9.70. The van der Waals surface area contributed by atoms with Crippen LogP contribution in [0.2, 0.25) is 0 Å². The fourth-order valence-corrected chi connectivity index (χ4v) is 6.89. The summed E-state index contributed by atoms with van der Waals surface area (Å²) in [7, 11) is -3.29. The van der Waals surface area contributed by atoms with Crippen molar-refractivity contribution in [3.8, 4) is 0 Å². The second kappa shape index (κ2) is 2.28. The van der Waals surface area contributed by atoms with Gasteiger partial charge in [0, 0.05) is 5.92 Å². The molecule has 0 spiro atoms. The SMILES string of the molecule is CC1C2C3CC1(C)C(C)C2(C)OS3(=O)=O. The number of hydrogen-bond donors (Lipinski definition) is 0. The predicted molar refractivity (Wildman–Crippen MR) is 56.7 cm³/mol. The molecule has 15 heavy (non-hydrogen) atoms. The molecule has 0 amide bonds. The minimum atomic E-state index is -3.29. The normalized spacial score (nSPS) is 65.1. The molecule has 0 radical (unpaired) electrons. The number of fused-ring (bicyclic) bond motifs is 1. The first-order valence-electron chi connectivity index (χ1n) is 5.68. The second-order valence-corrected chi connectivity index (χ2v) is 7.80. The van der Waals surface area contributed by atoms with Gasteiger partial charge >= 0.3 is 0 Å². The van der Waals surface area contributed by atoms with Crippen molar-refractivity contribution < 1.29 is 12.6 Å². The fourth-order valence-electron chi connectivity index (χ4n) is 4.58. The average molecular weight is 230 g/mol. The Morgan fingerprint density at radius 1 is 1.27 bits per heavy atom. The summed E-state index contributed by atoms with van der Waals surface area (Å²) in [6.07, 6.45) is 0.790. The highest BCUT2D eigenvalue weighted by atomic mass is 32.2. The van der Waals surface area contributed by atoms with Gasteiger partial charge in [0.2, 0.25) is 0 Å². The van der Waals surface area contributed by atoms with Gasteiger partial charge in [0.05, 0.1) is 10.9 Å². The number of hydrogen-bond acceptors (Lipinski definition) is 3. The Bertz CT molecular complexity index is 429. The summed E-state index contributed by atoms with van der Waals surface area (Å²) >= 11 is 0. The van der Waals surface area contributed by atoms with Crippen LogP contribution >= 0.6 is 0 Å². The van der Waals surface area contributed by atoms with Crippen LogP contribution in [0.25, 0.3) is 0 Å². The van der Waals surface area contributed by atoms with Crippen LogP contribution in [-0.4, -0.2) is 19.3 Å². The van der Waals surface area contributed by atoms with Crippen LogP contribution in [0.4, 0.5) is 0 Å². The van der Waals surface area contributed by atoms with E-state index in [1.807, 2.05) is 6.92 Å². The Morgan fingerprint density at radius 3 is 2.33 bits per heavy atom. The highest BCUT2D eigenvalue weighted by Crippen LogP contribution is 2.71. The molecule has 6 unspecified atom stereocenters. The molecule has 86 valence electrons. The summed E-state index contributed by atoms with van der Waals surface area (Å²) in [5.74, 6) is 1.00. The smallest absolute Gasteiger partial charge is 0.263 e. The van der Waals surface area contributed by atoms with E-state index in [1.165, 1.54) is 0 Å².